The third-order valence-corrected chi connectivity index (χ3v) is 4.30. The minimum atomic E-state index is -3.57. The van der Waals surface area contributed by atoms with Crippen LogP contribution in [0.15, 0.2) is 29.2 Å². The number of sulfonamides is 1. The van der Waals surface area contributed by atoms with Crippen molar-refractivity contribution in [3.63, 3.8) is 0 Å². The fourth-order valence-corrected chi connectivity index (χ4v) is 2.67. The molecule has 1 aromatic rings. The van der Waals surface area contributed by atoms with E-state index in [2.05, 4.69) is 4.72 Å². The minimum absolute atomic E-state index is 0.0573. The normalized spacial score (nSPS) is 18.0. The van der Waals surface area contributed by atoms with Gasteiger partial charge in [0.05, 0.1) is 4.90 Å². The highest BCUT2D eigenvalue weighted by Crippen LogP contribution is 2.31. The average Bonchev–Trinajstić information content (AvgIpc) is 3.10. The quantitative estimate of drug-likeness (QED) is 0.822. The van der Waals surface area contributed by atoms with E-state index in [4.69, 9.17) is 5.73 Å². The molecule has 0 spiro atoms. The number of hydrogen-bond acceptors (Lipinski definition) is 3. The van der Waals surface area contributed by atoms with Crippen LogP contribution in [0.3, 0.4) is 0 Å². The van der Waals surface area contributed by atoms with E-state index in [0.29, 0.717) is 5.92 Å². The fourth-order valence-electron chi connectivity index (χ4n) is 1.59. The standard InChI is InChI=1S/C11H15FN2O2S/c12-9-3-5-10(6-4-9)17(15,16)14-7-11(13)8-1-2-8/h3-6,8,11,14H,1-2,7,13H2. The van der Waals surface area contributed by atoms with E-state index in [1.54, 1.807) is 0 Å². The molecule has 1 saturated carbocycles. The van der Waals surface area contributed by atoms with Gasteiger partial charge in [0, 0.05) is 12.6 Å². The Morgan fingerprint density at radius 1 is 1.35 bits per heavy atom. The van der Waals surface area contributed by atoms with Crippen molar-refractivity contribution in [1.29, 1.82) is 0 Å². The number of halogens is 1. The average molecular weight is 258 g/mol. The summed E-state index contributed by atoms with van der Waals surface area (Å²) in [6.07, 6.45) is 2.14. The largest absolute Gasteiger partial charge is 0.326 e. The van der Waals surface area contributed by atoms with Crippen molar-refractivity contribution in [3.8, 4) is 0 Å². The summed E-state index contributed by atoms with van der Waals surface area (Å²) >= 11 is 0. The van der Waals surface area contributed by atoms with Crippen LogP contribution in [0.5, 0.6) is 0 Å². The van der Waals surface area contributed by atoms with Crippen molar-refractivity contribution in [2.75, 3.05) is 6.54 Å². The maximum Gasteiger partial charge on any atom is 0.240 e. The van der Waals surface area contributed by atoms with E-state index >= 15 is 0 Å². The minimum Gasteiger partial charge on any atom is -0.326 e. The van der Waals surface area contributed by atoms with Crippen LogP contribution in [0, 0.1) is 11.7 Å². The molecule has 6 heteroatoms. The second-order valence-electron chi connectivity index (χ2n) is 4.31. The summed E-state index contributed by atoms with van der Waals surface area (Å²) < 4.78 is 38.7. The van der Waals surface area contributed by atoms with Gasteiger partial charge in [-0.3, -0.25) is 0 Å². The summed E-state index contributed by atoms with van der Waals surface area (Å²) in [7, 11) is -3.57. The molecule has 0 amide bonds. The van der Waals surface area contributed by atoms with Crippen LogP contribution in [-0.2, 0) is 10.0 Å². The van der Waals surface area contributed by atoms with Crippen molar-refractivity contribution >= 4 is 10.0 Å². The van der Waals surface area contributed by atoms with Crippen LogP contribution in [0.4, 0.5) is 4.39 Å². The first-order valence-electron chi connectivity index (χ1n) is 5.50. The van der Waals surface area contributed by atoms with Crippen LogP contribution >= 0.6 is 0 Å². The van der Waals surface area contributed by atoms with Crippen LogP contribution in [0.1, 0.15) is 12.8 Å². The van der Waals surface area contributed by atoms with Crippen LogP contribution in [0.25, 0.3) is 0 Å². The Kier molecular flexibility index (Phi) is 3.46. The maximum atomic E-state index is 12.7. The van der Waals surface area contributed by atoms with Gasteiger partial charge >= 0.3 is 0 Å². The first-order valence-corrected chi connectivity index (χ1v) is 6.98. The Morgan fingerprint density at radius 2 is 1.94 bits per heavy atom. The Morgan fingerprint density at radius 3 is 2.47 bits per heavy atom. The SMILES string of the molecule is NC(CNS(=O)(=O)c1ccc(F)cc1)C1CC1. The molecule has 17 heavy (non-hydrogen) atoms. The third kappa shape index (κ3) is 3.24. The molecule has 1 atom stereocenters. The van der Waals surface area contributed by atoms with E-state index in [-0.39, 0.29) is 17.5 Å². The maximum absolute atomic E-state index is 12.7. The topological polar surface area (TPSA) is 72.2 Å². The van der Waals surface area contributed by atoms with Crippen molar-refractivity contribution < 1.29 is 12.8 Å². The summed E-state index contributed by atoms with van der Waals surface area (Å²) in [4.78, 5) is 0.0573. The number of nitrogens with one attached hydrogen (secondary N) is 1. The lowest BCUT2D eigenvalue weighted by Crippen LogP contribution is -2.38. The van der Waals surface area contributed by atoms with Gasteiger partial charge in [0.2, 0.25) is 10.0 Å². The van der Waals surface area contributed by atoms with Gasteiger partial charge in [-0.15, -0.1) is 0 Å². The molecule has 1 aliphatic rings. The number of nitrogens with two attached hydrogens (primary N) is 1. The van der Waals surface area contributed by atoms with E-state index < -0.39 is 15.8 Å². The van der Waals surface area contributed by atoms with Crippen molar-refractivity contribution in [3.05, 3.63) is 30.1 Å². The Balaban J connectivity index is 2.00. The molecule has 0 bridgehead atoms. The Hall–Kier alpha value is -0.980. The zero-order valence-corrected chi connectivity index (χ0v) is 10.1. The molecule has 0 aliphatic heterocycles. The zero-order valence-electron chi connectivity index (χ0n) is 9.27. The lowest BCUT2D eigenvalue weighted by molar-refractivity contribution is 0.547. The summed E-state index contributed by atoms with van der Waals surface area (Å²) in [5.74, 6) is -0.0236. The first-order chi connectivity index (χ1) is 7.99. The van der Waals surface area contributed by atoms with E-state index in [1.807, 2.05) is 0 Å². The van der Waals surface area contributed by atoms with Gasteiger partial charge in [-0.1, -0.05) is 0 Å². The van der Waals surface area contributed by atoms with Crippen LogP contribution in [0.2, 0.25) is 0 Å². The van der Waals surface area contributed by atoms with E-state index in [0.717, 1.165) is 25.0 Å². The van der Waals surface area contributed by atoms with Crippen molar-refractivity contribution in [1.82, 2.24) is 4.72 Å². The molecule has 4 nitrogen and oxygen atoms in total. The van der Waals surface area contributed by atoms with Crippen molar-refractivity contribution in [2.24, 2.45) is 11.7 Å². The first kappa shape index (κ1) is 12.5. The molecular weight excluding hydrogens is 243 g/mol. The second kappa shape index (κ2) is 4.72. The monoisotopic (exact) mass is 258 g/mol. The molecule has 0 saturated heterocycles. The lowest BCUT2D eigenvalue weighted by atomic mass is 10.2. The molecular formula is C11H15FN2O2S. The predicted molar refractivity (Wildman–Crippen MR) is 62.3 cm³/mol. The summed E-state index contributed by atoms with van der Waals surface area (Å²) in [6, 6.07) is 4.58. The molecule has 94 valence electrons. The highest BCUT2D eigenvalue weighted by Gasteiger charge is 2.29. The van der Waals surface area contributed by atoms with Crippen LogP contribution < -0.4 is 10.5 Å². The predicted octanol–water partition coefficient (Wildman–Crippen LogP) is 0.841. The molecule has 0 aromatic heterocycles. The zero-order chi connectivity index (χ0) is 12.5. The van der Waals surface area contributed by atoms with Gasteiger partial charge in [0.15, 0.2) is 0 Å². The Labute approximate surface area is 100 Å². The third-order valence-electron chi connectivity index (χ3n) is 2.86. The summed E-state index contributed by atoms with van der Waals surface area (Å²) in [5.41, 5.74) is 5.80. The van der Waals surface area contributed by atoms with Gasteiger partial charge in [-0.25, -0.2) is 17.5 Å². The highest BCUT2D eigenvalue weighted by molar-refractivity contribution is 7.89. The van der Waals surface area contributed by atoms with Crippen LogP contribution in [-0.4, -0.2) is 21.0 Å². The molecule has 0 radical (unpaired) electrons. The van der Waals surface area contributed by atoms with E-state index in [9.17, 15) is 12.8 Å². The molecule has 1 fully saturated rings. The molecule has 1 unspecified atom stereocenters. The smallest absolute Gasteiger partial charge is 0.240 e. The molecule has 0 heterocycles. The number of rotatable bonds is 5. The van der Waals surface area contributed by atoms with Gasteiger partial charge in [0.1, 0.15) is 5.82 Å². The lowest BCUT2D eigenvalue weighted by Gasteiger charge is -2.11. The molecule has 1 aromatic carbocycles. The summed E-state index contributed by atoms with van der Waals surface area (Å²) in [5, 5.41) is 0. The Bertz CT molecular complexity index is 483. The van der Waals surface area contributed by atoms with Gasteiger partial charge in [-0.2, -0.15) is 0 Å². The molecule has 3 N–H and O–H groups in total. The van der Waals surface area contributed by atoms with Crippen molar-refractivity contribution in [2.45, 2.75) is 23.8 Å². The number of benzene rings is 1. The molecule has 1 aliphatic carbocycles. The fraction of sp³-hybridized carbons (Fsp3) is 0.455. The highest BCUT2D eigenvalue weighted by atomic mass is 32.2. The molecule has 2 rings (SSSR count). The summed E-state index contributed by atoms with van der Waals surface area (Å²) in [6.45, 7) is 0.227. The van der Waals surface area contributed by atoms with Gasteiger partial charge < -0.3 is 5.73 Å². The van der Waals surface area contributed by atoms with Gasteiger partial charge in [0.25, 0.3) is 0 Å². The van der Waals surface area contributed by atoms with E-state index in [1.165, 1.54) is 12.1 Å². The number of hydrogen-bond donors (Lipinski definition) is 2. The van der Waals surface area contributed by atoms with Gasteiger partial charge in [-0.05, 0) is 43.0 Å². The second-order valence-corrected chi connectivity index (χ2v) is 6.07.